The molecule has 2 N–H and O–H groups in total. The zero-order valence-electron chi connectivity index (χ0n) is 12.0. The van der Waals surface area contributed by atoms with E-state index >= 15 is 0 Å². The molecule has 0 bridgehead atoms. The Balaban J connectivity index is 2.61. The van der Waals surface area contributed by atoms with Crippen molar-refractivity contribution in [2.24, 2.45) is 11.8 Å². The second kappa shape index (κ2) is 8.01. The number of hydrogen-bond acceptors (Lipinski definition) is 4. The van der Waals surface area contributed by atoms with Crippen LogP contribution < -0.4 is 5.32 Å². The Labute approximate surface area is 123 Å². The van der Waals surface area contributed by atoms with Crippen LogP contribution in [0.15, 0.2) is 11.4 Å². The molecule has 0 aromatic carbocycles. The molecule has 0 spiro atoms. The van der Waals surface area contributed by atoms with Gasteiger partial charge in [0.25, 0.3) is 5.91 Å². The summed E-state index contributed by atoms with van der Waals surface area (Å²) in [4.78, 5) is 23.8. The molecule has 1 heterocycles. The van der Waals surface area contributed by atoms with Gasteiger partial charge in [0.15, 0.2) is 0 Å². The van der Waals surface area contributed by atoms with E-state index in [0.717, 1.165) is 5.56 Å². The number of amides is 1. The van der Waals surface area contributed by atoms with Gasteiger partial charge in [-0.3, -0.25) is 9.59 Å². The van der Waals surface area contributed by atoms with Crippen LogP contribution in [0.2, 0.25) is 0 Å². The number of ether oxygens (including phenoxy) is 1. The first-order valence-corrected chi connectivity index (χ1v) is 7.40. The summed E-state index contributed by atoms with van der Waals surface area (Å²) < 4.78 is 5.03. The summed E-state index contributed by atoms with van der Waals surface area (Å²) in [6.45, 7) is 4.46. The number of carboxylic acid groups (broad SMARTS) is 1. The summed E-state index contributed by atoms with van der Waals surface area (Å²) in [5.74, 6) is -1.38. The molecule has 1 atom stereocenters. The SMILES string of the molecule is COCc1ccsc1C(=O)NCC(CC(C)C)C(=O)O. The Bertz CT molecular complexity index is 456. The molecule has 20 heavy (non-hydrogen) atoms. The van der Waals surface area contributed by atoms with E-state index in [0.29, 0.717) is 17.9 Å². The summed E-state index contributed by atoms with van der Waals surface area (Å²) in [5, 5.41) is 13.7. The first-order valence-electron chi connectivity index (χ1n) is 6.52. The van der Waals surface area contributed by atoms with Crippen LogP contribution in [0.3, 0.4) is 0 Å². The molecule has 1 amide bonds. The summed E-state index contributed by atoms with van der Waals surface area (Å²) >= 11 is 1.33. The zero-order chi connectivity index (χ0) is 15.1. The van der Waals surface area contributed by atoms with Gasteiger partial charge in [0.05, 0.1) is 17.4 Å². The lowest BCUT2D eigenvalue weighted by atomic mass is 9.97. The maximum Gasteiger partial charge on any atom is 0.308 e. The number of nitrogens with one attached hydrogen (secondary N) is 1. The molecule has 0 aliphatic rings. The van der Waals surface area contributed by atoms with E-state index in [4.69, 9.17) is 9.84 Å². The van der Waals surface area contributed by atoms with E-state index in [1.165, 1.54) is 11.3 Å². The van der Waals surface area contributed by atoms with Gasteiger partial charge in [0.2, 0.25) is 0 Å². The van der Waals surface area contributed by atoms with Crippen molar-refractivity contribution in [3.8, 4) is 0 Å². The van der Waals surface area contributed by atoms with Gasteiger partial charge in [-0.25, -0.2) is 0 Å². The molecule has 0 aliphatic carbocycles. The van der Waals surface area contributed by atoms with E-state index in [1.54, 1.807) is 7.11 Å². The molecule has 0 radical (unpaired) electrons. The average molecular weight is 299 g/mol. The summed E-state index contributed by atoms with van der Waals surface area (Å²) in [6, 6.07) is 1.84. The molecule has 1 aromatic heterocycles. The van der Waals surface area contributed by atoms with Gasteiger partial charge >= 0.3 is 5.97 Å². The quantitative estimate of drug-likeness (QED) is 0.772. The van der Waals surface area contributed by atoms with Crippen LogP contribution >= 0.6 is 11.3 Å². The van der Waals surface area contributed by atoms with E-state index in [9.17, 15) is 9.59 Å². The number of aliphatic carboxylic acids is 1. The van der Waals surface area contributed by atoms with Gasteiger partial charge in [-0.05, 0) is 23.8 Å². The van der Waals surface area contributed by atoms with Crippen LogP contribution in [0.5, 0.6) is 0 Å². The molecule has 112 valence electrons. The molecular formula is C14H21NO4S. The lowest BCUT2D eigenvalue weighted by Crippen LogP contribution is -2.33. The van der Waals surface area contributed by atoms with Crippen LogP contribution in [0.1, 0.15) is 35.5 Å². The maximum absolute atomic E-state index is 12.1. The first-order chi connectivity index (χ1) is 9.45. The van der Waals surface area contributed by atoms with Crippen molar-refractivity contribution < 1.29 is 19.4 Å². The highest BCUT2D eigenvalue weighted by molar-refractivity contribution is 7.12. The fraction of sp³-hybridized carbons (Fsp3) is 0.571. The lowest BCUT2D eigenvalue weighted by Gasteiger charge is -2.15. The number of methoxy groups -OCH3 is 1. The largest absolute Gasteiger partial charge is 0.481 e. The Morgan fingerprint density at radius 1 is 1.45 bits per heavy atom. The molecule has 0 fully saturated rings. The minimum atomic E-state index is -0.873. The second-order valence-electron chi connectivity index (χ2n) is 5.08. The minimum absolute atomic E-state index is 0.149. The van der Waals surface area contributed by atoms with Crippen molar-refractivity contribution in [2.45, 2.75) is 26.9 Å². The van der Waals surface area contributed by atoms with Gasteiger partial charge in [-0.15, -0.1) is 11.3 Å². The maximum atomic E-state index is 12.1. The predicted molar refractivity (Wildman–Crippen MR) is 77.9 cm³/mol. The fourth-order valence-corrected chi connectivity index (χ4v) is 2.77. The number of hydrogen-bond donors (Lipinski definition) is 2. The fourth-order valence-electron chi connectivity index (χ4n) is 1.94. The van der Waals surface area contributed by atoms with Gasteiger partial charge in [0.1, 0.15) is 0 Å². The normalized spacial score (nSPS) is 12.4. The van der Waals surface area contributed by atoms with Crippen LogP contribution in [0.25, 0.3) is 0 Å². The molecular weight excluding hydrogens is 278 g/mol. The second-order valence-corrected chi connectivity index (χ2v) is 6.00. The van der Waals surface area contributed by atoms with Crippen LogP contribution in [-0.2, 0) is 16.1 Å². The van der Waals surface area contributed by atoms with Crippen molar-refractivity contribution in [3.63, 3.8) is 0 Å². The average Bonchev–Trinajstić information content (AvgIpc) is 2.82. The highest BCUT2D eigenvalue weighted by atomic mass is 32.1. The number of carbonyl (C=O) groups is 2. The number of thiophene rings is 1. The molecule has 0 aliphatic heterocycles. The molecule has 1 aromatic rings. The van der Waals surface area contributed by atoms with Crippen LogP contribution in [0.4, 0.5) is 0 Å². The Kier molecular flexibility index (Phi) is 6.67. The van der Waals surface area contributed by atoms with Crippen molar-refractivity contribution in [1.82, 2.24) is 5.32 Å². The van der Waals surface area contributed by atoms with E-state index in [-0.39, 0.29) is 18.4 Å². The van der Waals surface area contributed by atoms with Gasteiger partial charge < -0.3 is 15.2 Å². The Morgan fingerprint density at radius 2 is 2.15 bits per heavy atom. The number of carboxylic acids is 1. The van der Waals surface area contributed by atoms with Gasteiger partial charge in [-0.2, -0.15) is 0 Å². The van der Waals surface area contributed by atoms with E-state index in [2.05, 4.69) is 5.32 Å². The lowest BCUT2D eigenvalue weighted by molar-refractivity contribution is -0.142. The number of rotatable bonds is 8. The molecule has 0 saturated carbocycles. The highest BCUT2D eigenvalue weighted by Crippen LogP contribution is 2.18. The molecule has 6 heteroatoms. The third-order valence-corrected chi connectivity index (χ3v) is 3.82. The van der Waals surface area contributed by atoms with Crippen LogP contribution in [0, 0.1) is 11.8 Å². The van der Waals surface area contributed by atoms with Crippen molar-refractivity contribution in [1.29, 1.82) is 0 Å². The van der Waals surface area contributed by atoms with Crippen molar-refractivity contribution >= 4 is 23.2 Å². The standard InChI is InChI=1S/C14H21NO4S/c1-9(2)6-11(14(17)18)7-15-13(16)12-10(8-19-3)4-5-20-12/h4-5,9,11H,6-8H2,1-3H3,(H,15,16)(H,17,18). The van der Waals surface area contributed by atoms with E-state index < -0.39 is 11.9 Å². The van der Waals surface area contributed by atoms with E-state index in [1.807, 2.05) is 25.3 Å². The number of carbonyl (C=O) groups excluding carboxylic acids is 1. The minimum Gasteiger partial charge on any atom is -0.481 e. The topological polar surface area (TPSA) is 75.6 Å². The zero-order valence-corrected chi connectivity index (χ0v) is 12.8. The molecule has 1 unspecified atom stereocenters. The van der Waals surface area contributed by atoms with Crippen molar-refractivity contribution in [3.05, 3.63) is 21.9 Å². The molecule has 1 rings (SSSR count). The summed E-state index contributed by atoms with van der Waals surface area (Å²) in [6.07, 6.45) is 0.547. The Hall–Kier alpha value is -1.40. The Morgan fingerprint density at radius 3 is 2.70 bits per heavy atom. The predicted octanol–water partition coefficient (Wildman–Crippen LogP) is 2.37. The first kappa shape index (κ1) is 16.7. The summed E-state index contributed by atoms with van der Waals surface area (Å²) in [5.41, 5.74) is 0.825. The van der Waals surface area contributed by atoms with Crippen molar-refractivity contribution in [2.75, 3.05) is 13.7 Å². The molecule has 0 saturated heterocycles. The van der Waals surface area contributed by atoms with Gasteiger partial charge in [0, 0.05) is 19.2 Å². The third-order valence-electron chi connectivity index (χ3n) is 2.87. The highest BCUT2D eigenvalue weighted by Gasteiger charge is 2.21. The third kappa shape index (κ3) is 4.94. The van der Waals surface area contributed by atoms with Gasteiger partial charge in [-0.1, -0.05) is 13.8 Å². The smallest absolute Gasteiger partial charge is 0.308 e. The van der Waals surface area contributed by atoms with Crippen LogP contribution in [-0.4, -0.2) is 30.6 Å². The monoisotopic (exact) mass is 299 g/mol. The summed E-state index contributed by atoms with van der Waals surface area (Å²) in [7, 11) is 1.57. The molecule has 5 nitrogen and oxygen atoms in total.